The van der Waals surface area contributed by atoms with Gasteiger partial charge in [0.1, 0.15) is 17.4 Å². The van der Waals surface area contributed by atoms with Crippen molar-refractivity contribution in [1.82, 2.24) is 0 Å². The van der Waals surface area contributed by atoms with Gasteiger partial charge < -0.3 is 5.11 Å². The van der Waals surface area contributed by atoms with Crippen molar-refractivity contribution in [3.8, 4) is 11.8 Å². The van der Waals surface area contributed by atoms with Crippen molar-refractivity contribution in [2.75, 3.05) is 0 Å². The Labute approximate surface area is 131 Å². The van der Waals surface area contributed by atoms with E-state index in [1.807, 2.05) is 19.1 Å². The second kappa shape index (κ2) is 6.38. The normalized spacial score (nSPS) is 11.0. The lowest BCUT2D eigenvalue weighted by molar-refractivity contribution is 0.104. The largest absolute Gasteiger partial charge is 0.507 e. The Hall–Kier alpha value is -2.38. The highest BCUT2D eigenvalue weighted by atomic mass is 79.9. The molecular formula is C17H12BrNO2. The van der Waals surface area contributed by atoms with Crippen molar-refractivity contribution in [2.24, 2.45) is 0 Å². The number of hydrogen-bond donors (Lipinski definition) is 1. The van der Waals surface area contributed by atoms with E-state index in [0.29, 0.717) is 15.6 Å². The maximum absolute atomic E-state index is 12.3. The molecule has 1 N–H and O–H groups in total. The number of allylic oxidation sites excluding steroid dienone is 1. The Balaban J connectivity index is 2.39. The summed E-state index contributed by atoms with van der Waals surface area (Å²) >= 11 is 3.20. The molecule has 0 amide bonds. The number of phenols is 1. The van der Waals surface area contributed by atoms with Crippen LogP contribution in [0.2, 0.25) is 0 Å². The number of carbonyl (C=O) groups is 1. The zero-order chi connectivity index (χ0) is 15.4. The van der Waals surface area contributed by atoms with Gasteiger partial charge in [0.25, 0.3) is 0 Å². The summed E-state index contributed by atoms with van der Waals surface area (Å²) in [6, 6.07) is 13.8. The Morgan fingerprint density at radius 3 is 2.67 bits per heavy atom. The number of ketones is 1. The first kappa shape index (κ1) is 15.0. The lowest BCUT2D eigenvalue weighted by atomic mass is 10.0. The molecule has 0 unspecified atom stereocenters. The fraction of sp³-hybridized carbons (Fsp3) is 0.0588. The Morgan fingerprint density at radius 1 is 1.29 bits per heavy atom. The summed E-state index contributed by atoms with van der Waals surface area (Å²) < 4.78 is 0.511. The number of halogens is 1. The minimum absolute atomic E-state index is 0.0539. The van der Waals surface area contributed by atoms with E-state index in [2.05, 4.69) is 15.9 Å². The number of rotatable bonds is 3. The van der Waals surface area contributed by atoms with E-state index in [0.717, 1.165) is 5.56 Å². The van der Waals surface area contributed by atoms with Crippen molar-refractivity contribution in [3.63, 3.8) is 0 Å². The van der Waals surface area contributed by atoms with E-state index in [4.69, 9.17) is 0 Å². The maximum Gasteiger partial charge on any atom is 0.203 e. The minimum atomic E-state index is -0.314. The smallest absolute Gasteiger partial charge is 0.203 e. The summed E-state index contributed by atoms with van der Waals surface area (Å²) in [5.41, 5.74) is 2.17. The van der Waals surface area contributed by atoms with Crippen molar-refractivity contribution >= 4 is 27.8 Å². The molecule has 0 fully saturated rings. The third kappa shape index (κ3) is 3.59. The van der Waals surface area contributed by atoms with Crippen molar-refractivity contribution in [3.05, 3.63) is 69.2 Å². The molecule has 2 aromatic carbocycles. The van der Waals surface area contributed by atoms with E-state index in [9.17, 15) is 15.2 Å². The predicted octanol–water partition coefficient (Wildman–Crippen LogP) is 4.25. The number of hydrogen-bond acceptors (Lipinski definition) is 3. The molecule has 0 aliphatic heterocycles. The molecule has 0 spiro atoms. The van der Waals surface area contributed by atoms with Gasteiger partial charge in [0.15, 0.2) is 0 Å². The summed E-state index contributed by atoms with van der Waals surface area (Å²) in [6.45, 7) is 1.89. The van der Waals surface area contributed by atoms with Crippen LogP contribution in [0.25, 0.3) is 6.08 Å². The van der Waals surface area contributed by atoms with Crippen LogP contribution in [0.1, 0.15) is 21.5 Å². The molecule has 3 nitrogen and oxygen atoms in total. The summed E-state index contributed by atoms with van der Waals surface area (Å²) in [5.74, 6) is -0.207. The van der Waals surface area contributed by atoms with Crippen LogP contribution in [0.15, 0.2) is 52.5 Å². The number of aryl methyl sites for hydroxylation is 1. The van der Waals surface area contributed by atoms with Gasteiger partial charge in [-0.25, -0.2) is 0 Å². The average Bonchev–Trinajstić information content (AvgIpc) is 2.47. The predicted molar refractivity (Wildman–Crippen MR) is 84.9 cm³/mol. The van der Waals surface area contributed by atoms with E-state index in [1.54, 1.807) is 30.3 Å². The molecule has 0 aliphatic carbocycles. The molecule has 2 rings (SSSR count). The first-order chi connectivity index (χ1) is 10.0. The summed E-state index contributed by atoms with van der Waals surface area (Å²) in [6.07, 6.45) is 1.51. The van der Waals surface area contributed by atoms with E-state index < -0.39 is 0 Å². The highest BCUT2D eigenvalue weighted by molar-refractivity contribution is 9.10. The number of benzene rings is 2. The molecular weight excluding hydrogens is 330 g/mol. The number of phenolic OH excluding ortho intramolecular Hbond substituents is 1. The van der Waals surface area contributed by atoms with Gasteiger partial charge in [-0.05, 0) is 52.7 Å². The van der Waals surface area contributed by atoms with Crippen LogP contribution in [0.4, 0.5) is 0 Å². The molecule has 21 heavy (non-hydrogen) atoms. The third-order valence-corrected chi connectivity index (χ3v) is 3.56. The van der Waals surface area contributed by atoms with Gasteiger partial charge in [0.05, 0.1) is 4.47 Å². The Morgan fingerprint density at radius 2 is 2.05 bits per heavy atom. The zero-order valence-electron chi connectivity index (χ0n) is 11.3. The zero-order valence-corrected chi connectivity index (χ0v) is 12.9. The molecule has 0 saturated carbocycles. The average molecular weight is 342 g/mol. The van der Waals surface area contributed by atoms with Crippen LogP contribution in [0.5, 0.6) is 5.75 Å². The monoisotopic (exact) mass is 341 g/mol. The number of nitriles is 1. The molecule has 4 heteroatoms. The maximum atomic E-state index is 12.3. The standard InChI is InChI=1S/C17H12BrNO2/c1-11-3-2-4-13(7-11)17(21)14(10-19)8-12-5-6-16(20)15(18)9-12/h2-9,20H,1H3. The van der Waals surface area contributed by atoms with E-state index >= 15 is 0 Å². The molecule has 2 aromatic rings. The Bertz CT molecular complexity index is 773. The number of aromatic hydroxyl groups is 1. The molecule has 0 atom stereocenters. The molecule has 0 radical (unpaired) electrons. The van der Waals surface area contributed by atoms with Crippen molar-refractivity contribution in [1.29, 1.82) is 5.26 Å². The number of carbonyl (C=O) groups excluding carboxylic acids is 1. The minimum Gasteiger partial charge on any atom is -0.507 e. The fourth-order valence-electron chi connectivity index (χ4n) is 1.87. The molecule has 0 aromatic heterocycles. The summed E-state index contributed by atoms with van der Waals surface area (Å²) in [5, 5.41) is 18.7. The second-order valence-corrected chi connectivity index (χ2v) is 5.43. The topological polar surface area (TPSA) is 61.1 Å². The molecule has 0 bridgehead atoms. The van der Waals surface area contributed by atoms with E-state index in [-0.39, 0.29) is 17.1 Å². The highest BCUT2D eigenvalue weighted by Gasteiger charge is 2.12. The fourth-order valence-corrected chi connectivity index (χ4v) is 2.27. The molecule has 104 valence electrons. The molecule has 0 saturated heterocycles. The first-order valence-electron chi connectivity index (χ1n) is 6.23. The van der Waals surface area contributed by atoms with Gasteiger partial charge in [0.2, 0.25) is 5.78 Å². The van der Waals surface area contributed by atoms with Gasteiger partial charge in [0, 0.05) is 5.56 Å². The van der Waals surface area contributed by atoms with Crippen LogP contribution in [0.3, 0.4) is 0 Å². The van der Waals surface area contributed by atoms with Crippen LogP contribution in [-0.4, -0.2) is 10.9 Å². The van der Waals surface area contributed by atoms with Gasteiger partial charge in [-0.3, -0.25) is 4.79 Å². The highest BCUT2D eigenvalue weighted by Crippen LogP contribution is 2.25. The van der Waals surface area contributed by atoms with Crippen LogP contribution in [0, 0.1) is 18.3 Å². The molecule has 0 aliphatic rings. The van der Waals surface area contributed by atoms with Gasteiger partial charge in [-0.15, -0.1) is 0 Å². The number of nitrogens with zero attached hydrogens (tertiary/aromatic N) is 1. The Kier molecular flexibility index (Phi) is 4.56. The quantitative estimate of drug-likeness (QED) is 0.515. The van der Waals surface area contributed by atoms with Gasteiger partial charge in [-0.2, -0.15) is 5.26 Å². The van der Waals surface area contributed by atoms with Gasteiger partial charge >= 0.3 is 0 Å². The second-order valence-electron chi connectivity index (χ2n) is 4.58. The lowest BCUT2D eigenvalue weighted by Crippen LogP contribution is -2.02. The van der Waals surface area contributed by atoms with Crippen molar-refractivity contribution < 1.29 is 9.90 Å². The van der Waals surface area contributed by atoms with Crippen molar-refractivity contribution in [2.45, 2.75) is 6.92 Å². The van der Waals surface area contributed by atoms with Gasteiger partial charge in [-0.1, -0.05) is 29.8 Å². The first-order valence-corrected chi connectivity index (χ1v) is 7.02. The summed E-state index contributed by atoms with van der Waals surface area (Å²) in [4.78, 5) is 12.3. The van der Waals surface area contributed by atoms with Crippen LogP contribution < -0.4 is 0 Å². The van der Waals surface area contributed by atoms with Crippen LogP contribution >= 0.6 is 15.9 Å². The third-order valence-electron chi connectivity index (χ3n) is 2.93. The lowest BCUT2D eigenvalue weighted by Gasteiger charge is -2.02. The van der Waals surface area contributed by atoms with E-state index in [1.165, 1.54) is 12.1 Å². The SMILES string of the molecule is Cc1cccc(C(=O)C(C#N)=Cc2ccc(O)c(Br)c2)c1. The van der Waals surface area contributed by atoms with Crippen LogP contribution in [-0.2, 0) is 0 Å². The molecule has 0 heterocycles. The number of Topliss-reactive ketones (excluding diaryl/α,β-unsaturated/α-hetero) is 1. The summed E-state index contributed by atoms with van der Waals surface area (Å²) in [7, 11) is 0.